The summed E-state index contributed by atoms with van der Waals surface area (Å²) >= 11 is 1.34. The first-order valence-corrected chi connectivity index (χ1v) is 9.75. The number of pyridine rings is 1. The summed E-state index contributed by atoms with van der Waals surface area (Å²) < 4.78 is 10.6. The lowest BCUT2D eigenvalue weighted by Crippen LogP contribution is -2.10. The van der Waals surface area contributed by atoms with Crippen molar-refractivity contribution in [1.29, 1.82) is 0 Å². The van der Waals surface area contributed by atoms with E-state index in [4.69, 9.17) is 9.26 Å². The molecule has 146 valence electrons. The van der Waals surface area contributed by atoms with Crippen LogP contribution in [-0.2, 0) is 11.3 Å². The van der Waals surface area contributed by atoms with E-state index in [1.165, 1.54) is 11.3 Å². The fraction of sp³-hybridized carbons (Fsp3) is 0.150. The SMILES string of the molecule is CC(OC(=O)c1csc(NCc2ccccc2)n1)c1nc(-c2cccnc2)no1. The van der Waals surface area contributed by atoms with Crippen LogP contribution in [0.2, 0.25) is 0 Å². The van der Waals surface area contributed by atoms with Crippen LogP contribution in [0.1, 0.15) is 35.0 Å². The first-order chi connectivity index (χ1) is 14.2. The van der Waals surface area contributed by atoms with E-state index >= 15 is 0 Å². The van der Waals surface area contributed by atoms with Gasteiger partial charge in [0.25, 0.3) is 5.89 Å². The van der Waals surface area contributed by atoms with E-state index in [1.807, 2.05) is 36.4 Å². The smallest absolute Gasteiger partial charge is 0.358 e. The van der Waals surface area contributed by atoms with Crippen molar-refractivity contribution in [2.24, 2.45) is 0 Å². The summed E-state index contributed by atoms with van der Waals surface area (Å²) in [5.41, 5.74) is 2.07. The minimum absolute atomic E-state index is 0.204. The molecule has 0 radical (unpaired) electrons. The minimum Gasteiger partial charge on any atom is -0.448 e. The number of carbonyl (C=O) groups excluding carboxylic acids is 1. The second kappa shape index (κ2) is 8.61. The molecule has 0 fully saturated rings. The summed E-state index contributed by atoms with van der Waals surface area (Å²) in [4.78, 5) is 25.0. The Morgan fingerprint density at radius 3 is 2.86 bits per heavy atom. The van der Waals surface area contributed by atoms with Gasteiger partial charge in [-0.2, -0.15) is 4.98 Å². The molecule has 29 heavy (non-hydrogen) atoms. The number of rotatable bonds is 7. The van der Waals surface area contributed by atoms with Crippen LogP contribution in [0.4, 0.5) is 5.13 Å². The average Bonchev–Trinajstić information content (AvgIpc) is 3.44. The van der Waals surface area contributed by atoms with Gasteiger partial charge in [-0.3, -0.25) is 4.98 Å². The van der Waals surface area contributed by atoms with Crippen molar-refractivity contribution in [2.75, 3.05) is 5.32 Å². The van der Waals surface area contributed by atoms with Crippen LogP contribution in [0.25, 0.3) is 11.4 Å². The zero-order valence-electron chi connectivity index (χ0n) is 15.5. The summed E-state index contributed by atoms with van der Waals surface area (Å²) in [7, 11) is 0. The van der Waals surface area contributed by atoms with Crippen LogP contribution in [0, 0.1) is 0 Å². The van der Waals surface area contributed by atoms with Crippen LogP contribution >= 0.6 is 11.3 Å². The third kappa shape index (κ3) is 4.64. The maximum atomic E-state index is 12.4. The Balaban J connectivity index is 1.36. The number of nitrogens with zero attached hydrogens (tertiary/aromatic N) is 4. The molecule has 3 heterocycles. The Hall–Kier alpha value is -3.59. The van der Waals surface area contributed by atoms with Gasteiger partial charge in [0.2, 0.25) is 5.82 Å². The first kappa shape index (κ1) is 18.8. The molecule has 8 nitrogen and oxygen atoms in total. The number of thiazole rings is 1. The average molecular weight is 407 g/mol. The Morgan fingerprint density at radius 2 is 2.07 bits per heavy atom. The zero-order chi connectivity index (χ0) is 20.1. The third-order valence-corrected chi connectivity index (χ3v) is 4.79. The van der Waals surface area contributed by atoms with E-state index in [2.05, 4.69) is 25.4 Å². The first-order valence-electron chi connectivity index (χ1n) is 8.87. The van der Waals surface area contributed by atoms with Gasteiger partial charge in [-0.15, -0.1) is 11.3 Å². The monoisotopic (exact) mass is 407 g/mol. The molecule has 4 aromatic rings. The predicted octanol–water partition coefficient (Wildman–Crippen LogP) is 4.12. The van der Waals surface area contributed by atoms with Gasteiger partial charge < -0.3 is 14.6 Å². The number of anilines is 1. The molecule has 0 aliphatic heterocycles. The van der Waals surface area contributed by atoms with Gasteiger partial charge in [0.05, 0.1) is 0 Å². The number of benzene rings is 1. The van der Waals surface area contributed by atoms with Crippen LogP contribution in [0.5, 0.6) is 0 Å². The highest BCUT2D eigenvalue weighted by molar-refractivity contribution is 7.13. The van der Waals surface area contributed by atoms with Gasteiger partial charge in [0, 0.05) is 29.9 Å². The van der Waals surface area contributed by atoms with Gasteiger partial charge in [0.1, 0.15) is 0 Å². The van der Waals surface area contributed by atoms with Crippen molar-refractivity contribution >= 4 is 22.4 Å². The van der Waals surface area contributed by atoms with Gasteiger partial charge in [-0.25, -0.2) is 9.78 Å². The highest BCUT2D eigenvalue weighted by atomic mass is 32.1. The van der Waals surface area contributed by atoms with E-state index in [9.17, 15) is 4.79 Å². The van der Waals surface area contributed by atoms with Crippen LogP contribution in [0.15, 0.2) is 64.8 Å². The highest BCUT2D eigenvalue weighted by Crippen LogP contribution is 2.22. The molecule has 1 atom stereocenters. The Labute approximate surface area is 170 Å². The van der Waals surface area contributed by atoms with E-state index < -0.39 is 12.1 Å². The topological polar surface area (TPSA) is 103 Å². The lowest BCUT2D eigenvalue weighted by atomic mass is 10.2. The van der Waals surface area contributed by atoms with Crippen molar-refractivity contribution in [3.8, 4) is 11.4 Å². The molecule has 0 aliphatic rings. The molecule has 0 spiro atoms. The maximum absolute atomic E-state index is 12.4. The number of carbonyl (C=O) groups is 1. The zero-order valence-corrected chi connectivity index (χ0v) is 16.3. The van der Waals surface area contributed by atoms with Crippen molar-refractivity contribution in [1.82, 2.24) is 20.1 Å². The predicted molar refractivity (Wildman–Crippen MR) is 107 cm³/mol. The largest absolute Gasteiger partial charge is 0.448 e. The molecule has 9 heteroatoms. The molecule has 0 bridgehead atoms. The number of aromatic nitrogens is 4. The molecule has 0 aliphatic carbocycles. The van der Waals surface area contributed by atoms with Gasteiger partial charge in [0.15, 0.2) is 16.9 Å². The van der Waals surface area contributed by atoms with Crippen molar-refractivity contribution in [3.63, 3.8) is 0 Å². The number of nitrogens with one attached hydrogen (secondary N) is 1. The van der Waals surface area contributed by atoms with Crippen molar-refractivity contribution in [2.45, 2.75) is 19.6 Å². The fourth-order valence-electron chi connectivity index (χ4n) is 2.51. The second-order valence-electron chi connectivity index (χ2n) is 6.12. The van der Waals surface area contributed by atoms with Crippen LogP contribution in [0.3, 0.4) is 0 Å². The quantitative estimate of drug-likeness (QED) is 0.456. The minimum atomic E-state index is -0.706. The van der Waals surface area contributed by atoms with Gasteiger partial charge in [-0.1, -0.05) is 35.5 Å². The van der Waals surface area contributed by atoms with E-state index in [0.29, 0.717) is 17.5 Å². The maximum Gasteiger partial charge on any atom is 0.358 e. The van der Waals surface area contributed by atoms with Crippen molar-refractivity contribution in [3.05, 3.63) is 77.4 Å². The molecule has 1 aromatic carbocycles. The number of esters is 1. The number of hydrogen-bond donors (Lipinski definition) is 1. The molecule has 1 unspecified atom stereocenters. The van der Waals surface area contributed by atoms with Gasteiger partial charge >= 0.3 is 5.97 Å². The highest BCUT2D eigenvalue weighted by Gasteiger charge is 2.21. The van der Waals surface area contributed by atoms with E-state index in [0.717, 1.165) is 11.1 Å². The van der Waals surface area contributed by atoms with E-state index in [-0.39, 0.29) is 11.6 Å². The normalized spacial score (nSPS) is 11.8. The molecule has 0 saturated heterocycles. The summed E-state index contributed by atoms with van der Waals surface area (Å²) in [5, 5.41) is 9.39. The molecule has 0 amide bonds. The Morgan fingerprint density at radius 1 is 1.21 bits per heavy atom. The Kier molecular flexibility index (Phi) is 5.57. The fourth-order valence-corrected chi connectivity index (χ4v) is 3.18. The molecule has 0 saturated carbocycles. The molecule has 1 N–H and O–H groups in total. The summed E-state index contributed by atoms with van der Waals surface area (Å²) in [5.74, 6) is 0.0366. The third-order valence-electron chi connectivity index (χ3n) is 3.99. The number of hydrogen-bond acceptors (Lipinski definition) is 9. The summed E-state index contributed by atoms with van der Waals surface area (Å²) in [6, 6.07) is 13.5. The molecular formula is C20H17N5O3S. The lowest BCUT2D eigenvalue weighted by Gasteiger charge is -2.07. The van der Waals surface area contributed by atoms with Crippen LogP contribution < -0.4 is 5.32 Å². The summed E-state index contributed by atoms with van der Waals surface area (Å²) in [6.45, 7) is 2.29. The van der Waals surface area contributed by atoms with Crippen molar-refractivity contribution < 1.29 is 14.1 Å². The number of ether oxygens (including phenoxy) is 1. The molecule has 4 rings (SSSR count). The second-order valence-corrected chi connectivity index (χ2v) is 6.98. The lowest BCUT2D eigenvalue weighted by molar-refractivity contribution is 0.0259. The molecule has 3 aromatic heterocycles. The molecular weight excluding hydrogens is 390 g/mol. The summed E-state index contributed by atoms with van der Waals surface area (Å²) in [6.07, 6.45) is 2.58. The van der Waals surface area contributed by atoms with E-state index in [1.54, 1.807) is 30.8 Å². The van der Waals surface area contributed by atoms with Gasteiger partial charge in [-0.05, 0) is 24.6 Å². The standard InChI is InChI=1S/C20H17N5O3S/c1-13(18-24-17(25-28-18)15-8-5-9-21-11-15)27-19(26)16-12-29-20(23-16)22-10-14-6-3-2-4-7-14/h2-9,11-13H,10H2,1H3,(H,22,23). The van der Waals surface area contributed by atoms with Crippen LogP contribution in [-0.4, -0.2) is 26.1 Å². The Bertz CT molecular complexity index is 1080.